The minimum Gasteiger partial charge on any atom is -0.334 e. The highest BCUT2D eigenvalue weighted by atomic mass is 16.2. The predicted octanol–water partition coefficient (Wildman–Crippen LogP) is 2.56. The van der Waals surface area contributed by atoms with Crippen LogP contribution < -0.4 is 5.32 Å². The highest BCUT2D eigenvalue weighted by Crippen LogP contribution is 2.08. The van der Waals surface area contributed by atoms with Crippen molar-refractivity contribution in [3.63, 3.8) is 0 Å². The third kappa shape index (κ3) is 5.61. The van der Waals surface area contributed by atoms with Gasteiger partial charge >= 0.3 is 6.03 Å². The van der Waals surface area contributed by atoms with Gasteiger partial charge in [0.05, 0.1) is 0 Å². The van der Waals surface area contributed by atoms with Crippen molar-refractivity contribution in [1.82, 2.24) is 15.1 Å². The van der Waals surface area contributed by atoms with E-state index in [0.717, 1.165) is 13.1 Å². The number of carbonyl (C=O) groups is 1. The first-order valence-corrected chi connectivity index (χ1v) is 7.16. The molecule has 20 heavy (non-hydrogen) atoms. The summed E-state index contributed by atoms with van der Waals surface area (Å²) in [6.45, 7) is 8.15. The van der Waals surface area contributed by atoms with Crippen LogP contribution in [0.1, 0.15) is 26.3 Å². The average molecular weight is 277 g/mol. The number of nitrogens with zero attached hydrogens (tertiary/aromatic N) is 2. The van der Waals surface area contributed by atoms with Gasteiger partial charge in [-0.25, -0.2) is 4.79 Å². The van der Waals surface area contributed by atoms with Gasteiger partial charge in [0, 0.05) is 39.3 Å². The second kappa shape index (κ2) is 7.90. The SMILES string of the molecule is CC(CN(Cc1ccccc1)C(C)C)NC(=O)N(C)C. The molecule has 0 aliphatic rings. The van der Waals surface area contributed by atoms with Crippen LogP contribution in [0.2, 0.25) is 0 Å². The molecule has 0 aliphatic carbocycles. The van der Waals surface area contributed by atoms with Crippen LogP contribution in [0, 0.1) is 0 Å². The summed E-state index contributed by atoms with van der Waals surface area (Å²) in [5.41, 5.74) is 1.30. The Bertz CT molecular complexity index is 403. The van der Waals surface area contributed by atoms with E-state index >= 15 is 0 Å². The number of benzene rings is 1. The van der Waals surface area contributed by atoms with Crippen molar-refractivity contribution in [2.75, 3.05) is 20.6 Å². The van der Waals surface area contributed by atoms with E-state index in [4.69, 9.17) is 0 Å². The monoisotopic (exact) mass is 277 g/mol. The first kappa shape index (κ1) is 16.5. The van der Waals surface area contributed by atoms with Crippen molar-refractivity contribution in [2.24, 2.45) is 0 Å². The Morgan fingerprint density at radius 3 is 2.25 bits per heavy atom. The Morgan fingerprint density at radius 1 is 1.15 bits per heavy atom. The molecule has 1 unspecified atom stereocenters. The van der Waals surface area contributed by atoms with Crippen LogP contribution in [0.3, 0.4) is 0 Å². The standard InChI is InChI=1S/C16H27N3O/c1-13(2)19(12-15-9-7-6-8-10-15)11-14(3)17-16(20)18(4)5/h6-10,13-14H,11-12H2,1-5H3,(H,17,20). The summed E-state index contributed by atoms with van der Waals surface area (Å²) in [5, 5.41) is 3.00. The van der Waals surface area contributed by atoms with Gasteiger partial charge in [-0.05, 0) is 26.3 Å². The van der Waals surface area contributed by atoms with E-state index < -0.39 is 0 Å². The van der Waals surface area contributed by atoms with Crippen LogP contribution in [0.4, 0.5) is 4.79 Å². The highest BCUT2D eigenvalue weighted by molar-refractivity contribution is 5.73. The average Bonchev–Trinajstić information content (AvgIpc) is 2.38. The minimum absolute atomic E-state index is 0.0408. The molecule has 4 heteroatoms. The van der Waals surface area contributed by atoms with E-state index in [1.54, 1.807) is 19.0 Å². The van der Waals surface area contributed by atoms with E-state index in [0.29, 0.717) is 6.04 Å². The first-order valence-electron chi connectivity index (χ1n) is 7.16. The molecule has 1 aromatic rings. The Labute approximate surface area is 122 Å². The van der Waals surface area contributed by atoms with Gasteiger partial charge in [0.15, 0.2) is 0 Å². The van der Waals surface area contributed by atoms with Crippen LogP contribution in [-0.4, -0.2) is 48.6 Å². The normalized spacial score (nSPS) is 12.6. The van der Waals surface area contributed by atoms with E-state index in [-0.39, 0.29) is 12.1 Å². The lowest BCUT2D eigenvalue weighted by molar-refractivity contribution is 0.182. The Hall–Kier alpha value is -1.55. The van der Waals surface area contributed by atoms with Crippen LogP contribution in [0.25, 0.3) is 0 Å². The maximum Gasteiger partial charge on any atom is 0.317 e. The summed E-state index contributed by atoms with van der Waals surface area (Å²) >= 11 is 0. The molecule has 0 aromatic heterocycles. The number of carbonyl (C=O) groups excluding carboxylic acids is 1. The quantitative estimate of drug-likeness (QED) is 0.867. The maximum absolute atomic E-state index is 11.7. The fraction of sp³-hybridized carbons (Fsp3) is 0.562. The van der Waals surface area contributed by atoms with E-state index in [9.17, 15) is 4.79 Å². The van der Waals surface area contributed by atoms with E-state index in [2.05, 4.69) is 48.3 Å². The Morgan fingerprint density at radius 2 is 1.75 bits per heavy atom. The molecule has 4 nitrogen and oxygen atoms in total. The summed E-state index contributed by atoms with van der Waals surface area (Å²) in [6.07, 6.45) is 0. The second-order valence-corrected chi connectivity index (χ2v) is 5.75. The zero-order valence-electron chi connectivity index (χ0n) is 13.3. The fourth-order valence-corrected chi connectivity index (χ4v) is 2.01. The summed E-state index contributed by atoms with van der Waals surface area (Å²) in [6, 6.07) is 10.9. The number of nitrogens with one attached hydrogen (secondary N) is 1. The lowest BCUT2D eigenvalue weighted by Gasteiger charge is -2.30. The van der Waals surface area contributed by atoms with Gasteiger partial charge in [-0.15, -0.1) is 0 Å². The first-order chi connectivity index (χ1) is 9.40. The molecule has 0 saturated heterocycles. The van der Waals surface area contributed by atoms with Gasteiger partial charge in [-0.1, -0.05) is 30.3 Å². The Kier molecular flexibility index (Phi) is 6.52. The maximum atomic E-state index is 11.7. The lowest BCUT2D eigenvalue weighted by Crippen LogP contribution is -2.47. The summed E-state index contributed by atoms with van der Waals surface area (Å²) < 4.78 is 0. The molecule has 1 rings (SSSR count). The summed E-state index contributed by atoms with van der Waals surface area (Å²) in [7, 11) is 3.51. The molecule has 0 saturated carbocycles. The third-order valence-electron chi connectivity index (χ3n) is 3.24. The number of urea groups is 1. The third-order valence-corrected chi connectivity index (χ3v) is 3.24. The van der Waals surface area contributed by atoms with Crippen LogP contribution in [-0.2, 0) is 6.54 Å². The number of hydrogen-bond acceptors (Lipinski definition) is 2. The number of hydrogen-bond donors (Lipinski definition) is 1. The summed E-state index contributed by atoms with van der Waals surface area (Å²) in [4.78, 5) is 15.6. The number of rotatable bonds is 6. The van der Waals surface area contributed by atoms with Gasteiger partial charge in [-0.2, -0.15) is 0 Å². The number of amides is 2. The van der Waals surface area contributed by atoms with Crippen molar-refractivity contribution >= 4 is 6.03 Å². The zero-order chi connectivity index (χ0) is 15.1. The van der Waals surface area contributed by atoms with Gasteiger partial charge < -0.3 is 10.2 Å². The molecule has 0 heterocycles. The van der Waals surface area contributed by atoms with Crippen molar-refractivity contribution in [3.8, 4) is 0 Å². The predicted molar refractivity (Wildman–Crippen MR) is 83.7 cm³/mol. The van der Waals surface area contributed by atoms with E-state index in [1.165, 1.54) is 5.56 Å². The molecule has 2 amide bonds. The van der Waals surface area contributed by atoms with Gasteiger partial charge in [0.25, 0.3) is 0 Å². The van der Waals surface area contributed by atoms with Crippen molar-refractivity contribution in [1.29, 1.82) is 0 Å². The van der Waals surface area contributed by atoms with Crippen molar-refractivity contribution < 1.29 is 4.79 Å². The molecular formula is C16H27N3O. The van der Waals surface area contributed by atoms with Gasteiger partial charge in [-0.3, -0.25) is 4.90 Å². The molecule has 0 aliphatic heterocycles. The smallest absolute Gasteiger partial charge is 0.317 e. The topological polar surface area (TPSA) is 35.6 Å². The van der Waals surface area contributed by atoms with Crippen molar-refractivity contribution in [2.45, 2.75) is 39.4 Å². The Balaban J connectivity index is 2.57. The summed E-state index contributed by atoms with van der Waals surface area (Å²) in [5.74, 6) is 0. The largest absolute Gasteiger partial charge is 0.334 e. The van der Waals surface area contributed by atoms with Crippen LogP contribution in [0.15, 0.2) is 30.3 Å². The molecular weight excluding hydrogens is 250 g/mol. The second-order valence-electron chi connectivity index (χ2n) is 5.75. The van der Waals surface area contributed by atoms with Crippen LogP contribution in [0.5, 0.6) is 0 Å². The molecule has 112 valence electrons. The molecule has 0 fully saturated rings. The van der Waals surface area contributed by atoms with Crippen LogP contribution >= 0.6 is 0 Å². The minimum atomic E-state index is -0.0408. The molecule has 0 radical (unpaired) electrons. The lowest BCUT2D eigenvalue weighted by atomic mass is 10.1. The molecule has 1 N–H and O–H groups in total. The van der Waals surface area contributed by atoms with Gasteiger partial charge in [0.2, 0.25) is 0 Å². The van der Waals surface area contributed by atoms with Crippen molar-refractivity contribution in [3.05, 3.63) is 35.9 Å². The zero-order valence-corrected chi connectivity index (χ0v) is 13.3. The highest BCUT2D eigenvalue weighted by Gasteiger charge is 2.16. The molecule has 1 aromatic carbocycles. The van der Waals surface area contributed by atoms with Gasteiger partial charge in [0.1, 0.15) is 0 Å². The molecule has 1 atom stereocenters. The van der Waals surface area contributed by atoms with E-state index in [1.807, 2.05) is 13.0 Å². The molecule has 0 spiro atoms. The fourth-order valence-electron chi connectivity index (χ4n) is 2.01. The molecule has 0 bridgehead atoms.